The number of nitrogens with zero attached hydrogens (tertiary/aromatic N) is 6. The van der Waals surface area contributed by atoms with Gasteiger partial charge in [0.05, 0.1) is 0 Å². The molecule has 103 heavy (non-hydrogen) atoms. The molecule has 10 rings (SSSR count). The lowest BCUT2D eigenvalue weighted by molar-refractivity contribution is 0.241. The van der Waals surface area contributed by atoms with E-state index in [0.29, 0.717) is 34.4 Å². The Bertz CT molecular complexity index is 4080. The van der Waals surface area contributed by atoms with Crippen molar-refractivity contribution in [3.8, 4) is 57.3 Å². The van der Waals surface area contributed by atoms with Crippen molar-refractivity contribution in [2.24, 2.45) is 7.05 Å². The van der Waals surface area contributed by atoms with E-state index in [4.69, 9.17) is 38.8 Å². The molecule has 0 radical (unpaired) electrons. The van der Waals surface area contributed by atoms with Crippen LogP contribution in [0.4, 0.5) is 0 Å². The van der Waals surface area contributed by atoms with Gasteiger partial charge in [0.2, 0.25) is 0 Å². The minimum atomic E-state index is -0.485. The van der Waals surface area contributed by atoms with Crippen LogP contribution in [0.3, 0.4) is 0 Å². The lowest BCUT2D eigenvalue weighted by Gasteiger charge is -2.15. The van der Waals surface area contributed by atoms with Crippen LogP contribution in [0.15, 0.2) is 127 Å². The highest BCUT2D eigenvalue weighted by atomic mass is 16.5. The molecule has 4 heterocycles. The fourth-order valence-electron chi connectivity index (χ4n) is 15.5. The van der Waals surface area contributed by atoms with Crippen molar-refractivity contribution < 1.29 is 18.9 Å². The van der Waals surface area contributed by atoms with Crippen LogP contribution in [-0.2, 0) is 31.0 Å². The van der Waals surface area contributed by atoms with E-state index in [9.17, 15) is 0 Å². The average Bonchev–Trinajstić information content (AvgIpc) is 1.57. The quantitative estimate of drug-likeness (QED) is 0.0275. The number of unbranched alkanes of at least 4 members (excludes halogenated alkanes) is 36. The predicted octanol–water partition coefficient (Wildman–Crippen LogP) is 28.5. The summed E-state index contributed by atoms with van der Waals surface area (Å²) in [6, 6.07) is 44.8. The average molecular weight is 1390 g/mol. The first-order chi connectivity index (χ1) is 50.7. The van der Waals surface area contributed by atoms with Crippen molar-refractivity contribution in [3.05, 3.63) is 144 Å². The normalized spacial score (nSPS) is 11.8. The maximum Gasteiger partial charge on any atom is 0.419 e. The minimum absolute atomic E-state index is 0.0948. The van der Waals surface area contributed by atoms with Crippen molar-refractivity contribution in [3.63, 3.8) is 0 Å². The zero-order chi connectivity index (χ0) is 71.6. The molecule has 0 saturated heterocycles. The molecule has 0 spiro atoms. The zero-order valence-electron chi connectivity index (χ0n) is 64.8. The summed E-state index contributed by atoms with van der Waals surface area (Å²) >= 11 is 0. The number of aromatic nitrogens is 6. The molecule has 0 N–H and O–H groups in total. The molecule has 0 amide bonds. The van der Waals surface area contributed by atoms with Crippen molar-refractivity contribution in [1.29, 1.82) is 0 Å². The van der Waals surface area contributed by atoms with E-state index in [0.717, 1.165) is 86.2 Å². The highest BCUT2D eigenvalue weighted by Gasteiger charge is 2.27. The molecular formula is C92H127BN6O4. The van der Waals surface area contributed by atoms with Gasteiger partial charge in [-0.05, 0) is 167 Å². The van der Waals surface area contributed by atoms with Crippen molar-refractivity contribution >= 4 is 51.2 Å². The molecule has 1 aliphatic heterocycles. The number of ether oxygens (including phenoxy) is 3. The Labute approximate surface area is 621 Å². The van der Waals surface area contributed by atoms with Crippen LogP contribution < -0.4 is 14.2 Å². The van der Waals surface area contributed by atoms with Gasteiger partial charge in [-0.1, -0.05) is 288 Å². The standard InChI is InChI=1S/C92H127BN6O4/c1-8-11-14-17-20-23-26-29-32-35-38-41-44-50-72-53-47-56-75(65-72)100-78-59-62-81-84(68-78)88-94-87(81)96-92-86-70-80(102-77-58-49-55-74(67-77)52-46-43-40-37-34-31-28-25-22-19-16-13-10-3)61-64-83(86)91(99(92)93(6)103-71(4)5)97-90-85-69-79(60-63-82(85)89(95-88)98(90)7)101-76-57-48-54-73(66-76)51-45-42-39-36-33-30-27-24-21-18-15-12-9-2/h47-49,53-71H,8-46,50-52H2,1-7H3. The summed E-state index contributed by atoms with van der Waals surface area (Å²) in [4.78, 5) is 22.4. The summed E-state index contributed by atoms with van der Waals surface area (Å²) < 4.78 is 31.6. The Morgan fingerprint density at radius 2 is 0.621 bits per heavy atom. The summed E-state index contributed by atoms with van der Waals surface area (Å²) in [6.07, 6.45) is 55.6. The van der Waals surface area contributed by atoms with Crippen LogP contribution in [0.2, 0.25) is 6.82 Å². The molecular weight excluding hydrogens is 1260 g/mol. The van der Waals surface area contributed by atoms with Crippen LogP contribution in [0, 0.1) is 0 Å². The summed E-state index contributed by atoms with van der Waals surface area (Å²) in [7, 11) is 1.57. The first kappa shape index (κ1) is 78.4. The third kappa shape index (κ3) is 24.4. The monoisotopic (exact) mass is 1390 g/mol. The van der Waals surface area contributed by atoms with Gasteiger partial charge < -0.3 is 27.9 Å². The Hall–Kier alpha value is -7.24. The van der Waals surface area contributed by atoms with Crippen LogP contribution in [0.25, 0.3) is 66.9 Å². The summed E-state index contributed by atoms with van der Waals surface area (Å²) in [5, 5.41) is 3.60. The Morgan fingerprint density at radius 1 is 0.311 bits per heavy atom. The molecule has 3 aromatic heterocycles. The van der Waals surface area contributed by atoms with E-state index in [1.165, 1.54) is 267 Å². The Balaban J connectivity index is 0.922. The summed E-state index contributed by atoms with van der Waals surface area (Å²) in [6.45, 7) is 13.1. The fourth-order valence-corrected chi connectivity index (χ4v) is 15.5. The summed E-state index contributed by atoms with van der Waals surface area (Å²) in [5.74, 6) is 5.68. The number of hydrogen-bond donors (Lipinski definition) is 0. The molecule has 0 unspecified atom stereocenters. The third-order valence-electron chi connectivity index (χ3n) is 21.3. The number of rotatable bonds is 51. The lowest BCUT2D eigenvalue weighted by Crippen LogP contribution is -2.28. The molecule has 0 atom stereocenters. The highest BCUT2D eigenvalue weighted by Crippen LogP contribution is 2.41. The van der Waals surface area contributed by atoms with Gasteiger partial charge >= 0.3 is 7.05 Å². The van der Waals surface area contributed by atoms with Gasteiger partial charge in [0.15, 0.2) is 11.6 Å². The second kappa shape index (κ2) is 43.3. The first-order valence-electron chi connectivity index (χ1n) is 41.7. The molecule has 6 aromatic carbocycles. The molecule has 0 saturated carbocycles. The number of aryl methyl sites for hydroxylation is 4. The smallest absolute Gasteiger partial charge is 0.419 e. The van der Waals surface area contributed by atoms with Crippen LogP contribution >= 0.6 is 0 Å². The predicted molar refractivity (Wildman–Crippen MR) is 438 cm³/mol. The van der Waals surface area contributed by atoms with Crippen molar-refractivity contribution in [2.75, 3.05) is 0 Å². The molecule has 0 aliphatic carbocycles. The van der Waals surface area contributed by atoms with E-state index in [2.05, 4.69) is 179 Å². The Kier molecular flexibility index (Phi) is 32.9. The van der Waals surface area contributed by atoms with E-state index < -0.39 is 7.05 Å². The van der Waals surface area contributed by atoms with E-state index in [1.54, 1.807) is 0 Å². The molecule has 10 nitrogen and oxygen atoms in total. The molecule has 1 aliphatic rings. The first-order valence-corrected chi connectivity index (χ1v) is 41.7. The van der Waals surface area contributed by atoms with Gasteiger partial charge in [-0.25, -0.2) is 19.9 Å². The minimum Gasteiger partial charge on any atom is -0.457 e. The lowest BCUT2D eigenvalue weighted by atomic mass is 9.86. The van der Waals surface area contributed by atoms with Gasteiger partial charge in [-0.15, -0.1) is 0 Å². The van der Waals surface area contributed by atoms with Gasteiger partial charge in [-0.3, -0.25) is 0 Å². The Morgan fingerprint density at radius 3 is 1.02 bits per heavy atom. The maximum atomic E-state index is 6.87. The second-order valence-electron chi connectivity index (χ2n) is 30.5. The van der Waals surface area contributed by atoms with Crippen molar-refractivity contribution in [1.82, 2.24) is 29.0 Å². The molecule has 552 valence electrons. The van der Waals surface area contributed by atoms with E-state index in [1.807, 2.05) is 6.07 Å². The van der Waals surface area contributed by atoms with E-state index >= 15 is 0 Å². The highest BCUT2D eigenvalue weighted by molar-refractivity contribution is 6.51. The SMILES string of the molecule is CCCCCCCCCCCCCCCc1cccc(Oc2ccc3c(c2)-c2nc-3nc3c4cc(Oc5cccc(CCCCCCCCCCCCCCC)c5)ccc4c(nc4c5cc(Oc6cccc(CCCCCCCCCCCCCCC)c6)ccc5c(n2)n4C)n3B(C)OC(C)C)c1. The summed E-state index contributed by atoms with van der Waals surface area (Å²) in [5.41, 5.74) is 8.40. The third-order valence-corrected chi connectivity index (χ3v) is 21.3. The van der Waals surface area contributed by atoms with Gasteiger partial charge in [0.25, 0.3) is 0 Å². The largest absolute Gasteiger partial charge is 0.457 e. The zero-order valence-corrected chi connectivity index (χ0v) is 64.8. The number of fused-ring (bicyclic) bond motifs is 15. The van der Waals surface area contributed by atoms with Crippen molar-refractivity contribution in [2.45, 2.75) is 317 Å². The van der Waals surface area contributed by atoms with Crippen LogP contribution in [0.5, 0.6) is 34.5 Å². The molecule has 0 fully saturated rings. The maximum absolute atomic E-state index is 6.87. The van der Waals surface area contributed by atoms with Gasteiger partial charge in [0.1, 0.15) is 57.1 Å². The molecule has 9 aromatic rings. The molecule has 6 bridgehead atoms. The molecule has 11 heteroatoms. The van der Waals surface area contributed by atoms with Gasteiger partial charge in [0, 0.05) is 45.8 Å². The number of hydrogen-bond acceptors (Lipinski definition) is 8. The van der Waals surface area contributed by atoms with E-state index in [-0.39, 0.29) is 6.10 Å². The van der Waals surface area contributed by atoms with Crippen LogP contribution in [-0.4, -0.2) is 42.1 Å². The fraction of sp³-hybridized carbons (Fsp3) is 0.543. The number of benzene rings is 6. The second-order valence-corrected chi connectivity index (χ2v) is 30.5. The topological polar surface area (TPSA) is 98.3 Å². The van der Waals surface area contributed by atoms with Gasteiger partial charge in [-0.2, -0.15) is 0 Å². The van der Waals surface area contributed by atoms with Crippen LogP contribution in [0.1, 0.15) is 302 Å².